The summed E-state index contributed by atoms with van der Waals surface area (Å²) in [7, 11) is 1.59. The van der Waals surface area contributed by atoms with Gasteiger partial charge in [0.2, 0.25) is 5.91 Å². The first-order chi connectivity index (χ1) is 33.5. The van der Waals surface area contributed by atoms with Crippen LogP contribution in [-0.2, 0) is 18.4 Å². The Hall–Kier alpha value is -1.02. The van der Waals surface area contributed by atoms with Crippen molar-refractivity contribution in [1.29, 1.82) is 0 Å². The number of carbonyl (C=O) groups is 1. The second-order valence-corrected chi connectivity index (χ2v) is 23.5. The van der Waals surface area contributed by atoms with E-state index in [0.717, 1.165) is 38.5 Å². The third-order valence-corrected chi connectivity index (χ3v) is 14.9. The number of carbonyl (C=O) groups excluding carboxylic acids is 1. The van der Waals surface area contributed by atoms with Crippen LogP contribution in [0.15, 0.2) is 24.3 Å². The molecule has 3 atom stereocenters. The first-order valence-corrected chi connectivity index (χ1v) is 31.7. The smallest absolute Gasteiger partial charge is 0.387 e. The highest BCUT2D eigenvalue weighted by atomic mass is 31.2. The van der Waals surface area contributed by atoms with E-state index in [1.807, 2.05) is 27.2 Å². The maximum atomic E-state index is 13.0. The number of nitrogens with one attached hydrogen (secondary N) is 1. The molecule has 0 aromatic carbocycles. The highest BCUT2D eigenvalue weighted by Crippen LogP contribution is 2.43. The number of phosphoric acid groups is 1. The van der Waals surface area contributed by atoms with Crippen molar-refractivity contribution < 1.29 is 32.9 Å². The van der Waals surface area contributed by atoms with E-state index in [2.05, 4.69) is 31.3 Å². The number of nitrogens with zero attached hydrogens (tertiary/aromatic N) is 1. The highest BCUT2D eigenvalue weighted by molar-refractivity contribution is 7.47. The Kier molecular flexibility index (Phi) is 51.1. The summed E-state index contributed by atoms with van der Waals surface area (Å²) in [5.41, 5.74) is 0. The Morgan fingerprint density at radius 1 is 0.478 bits per heavy atom. The van der Waals surface area contributed by atoms with Gasteiger partial charge in [-0.2, -0.15) is 0 Å². The van der Waals surface area contributed by atoms with Crippen LogP contribution in [0.5, 0.6) is 0 Å². The quantitative estimate of drug-likeness (QED) is 0.0243. The predicted octanol–water partition coefficient (Wildman–Crippen LogP) is 18.4. The molecule has 8 nitrogen and oxygen atoms in total. The van der Waals surface area contributed by atoms with E-state index in [1.165, 1.54) is 244 Å². The molecule has 0 saturated heterocycles. The zero-order valence-corrected chi connectivity index (χ0v) is 47.7. The first kappa shape index (κ1) is 68.0. The Balaban J connectivity index is 4.04. The van der Waals surface area contributed by atoms with Gasteiger partial charge < -0.3 is 19.8 Å². The summed E-state index contributed by atoms with van der Waals surface area (Å²) >= 11 is 0. The lowest BCUT2D eigenvalue weighted by Gasteiger charge is -2.25. The third-order valence-electron chi connectivity index (χ3n) is 13.9. The molecular formula is C60H120N2O6P+. The van der Waals surface area contributed by atoms with Gasteiger partial charge >= 0.3 is 7.82 Å². The molecule has 1 amide bonds. The van der Waals surface area contributed by atoms with Crippen molar-refractivity contribution in [3.05, 3.63) is 24.3 Å². The summed E-state index contributed by atoms with van der Waals surface area (Å²) < 4.78 is 23.7. The Morgan fingerprint density at radius 2 is 0.783 bits per heavy atom. The van der Waals surface area contributed by atoms with Crippen LogP contribution in [0.3, 0.4) is 0 Å². The molecule has 0 aromatic rings. The number of amides is 1. The SMILES string of the molecule is CCCCCCCCCC/C=C\CCCCCCCCCCCCCCCCCCCCCC(=O)NC(COP(=O)(O)OCC[N+](C)(C)C)C(O)/C=C/CCCCCCCCCCCCCCCC. The van der Waals surface area contributed by atoms with Gasteiger partial charge in [-0.1, -0.05) is 276 Å². The van der Waals surface area contributed by atoms with Gasteiger partial charge in [-0.05, 0) is 44.9 Å². The fourth-order valence-corrected chi connectivity index (χ4v) is 9.89. The van der Waals surface area contributed by atoms with E-state index in [-0.39, 0.29) is 19.1 Å². The van der Waals surface area contributed by atoms with Crippen LogP contribution in [0.2, 0.25) is 0 Å². The maximum Gasteiger partial charge on any atom is 0.472 e. The molecule has 0 aliphatic heterocycles. The molecular weight excluding hydrogens is 876 g/mol. The topological polar surface area (TPSA) is 105 Å². The lowest BCUT2D eigenvalue weighted by atomic mass is 10.0. The molecule has 0 aromatic heterocycles. The van der Waals surface area contributed by atoms with Crippen LogP contribution in [-0.4, -0.2) is 73.4 Å². The van der Waals surface area contributed by atoms with Crippen LogP contribution in [0.4, 0.5) is 0 Å². The summed E-state index contributed by atoms with van der Waals surface area (Å²) in [6.45, 7) is 4.85. The minimum atomic E-state index is -4.34. The van der Waals surface area contributed by atoms with Gasteiger partial charge in [-0.3, -0.25) is 13.8 Å². The van der Waals surface area contributed by atoms with Crippen molar-refractivity contribution in [3.8, 4) is 0 Å². The number of rotatable bonds is 56. The largest absolute Gasteiger partial charge is 0.472 e. The molecule has 0 fully saturated rings. The zero-order chi connectivity index (χ0) is 50.6. The van der Waals surface area contributed by atoms with Crippen LogP contribution in [0.25, 0.3) is 0 Å². The first-order valence-electron chi connectivity index (χ1n) is 30.2. The third kappa shape index (κ3) is 54.6. The van der Waals surface area contributed by atoms with Crippen molar-refractivity contribution in [2.75, 3.05) is 40.9 Å². The number of aliphatic hydroxyl groups excluding tert-OH is 1. The summed E-state index contributed by atoms with van der Waals surface area (Å²) in [6, 6.07) is -0.843. The van der Waals surface area contributed by atoms with Gasteiger partial charge in [0, 0.05) is 6.42 Å². The lowest BCUT2D eigenvalue weighted by molar-refractivity contribution is -0.870. The van der Waals surface area contributed by atoms with Gasteiger partial charge in [-0.25, -0.2) is 4.57 Å². The normalized spacial score (nSPS) is 14.0. The van der Waals surface area contributed by atoms with Crippen molar-refractivity contribution in [3.63, 3.8) is 0 Å². The Morgan fingerprint density at radius 3 is 1.12 bits per heavy atom. The van der Waals surface area contributed by atoms with Crippen molar-refractivity contribution in [1.82, 2.24) is 5.32 Å². The van der Waals surface area contributed by atoms with Crippen LogP contribution >= 0.6 is 7.82 Å². The number of hydrogen-bond donors (Lipinski definition) is 3. The van der Waals surface area contributed by atoms with E-state index < -0.39 is 20.0 Å². The molecule has 3 unspecified atom stereocenters. The van der Waals surface area contributed by atoms with Crippen LogP contribution in [0, 0.1) is 0 Å². The van der Waals surface area contributed by atoms with E-state index in [1.54, 1.807) is 6.08 Å². The minimum absolute atomic E-state index is 0.0641. The molecule has 0 radical (unpaired) electrons. The number of phosphoric ester groups is 1. The monoisotopic (exact) mass is 996 g/mol. The van der Waals surface area contributed by atoms with Gasteiger partial charge in [0.15, 0.2) is 0 Å². The number of allylic oxidation sites excluding steroid dienone is 3. The fourth-order valence-electron chi connectivity index (χ4n) is 9.16. The van der Waals surface area contributed by atoms with Crippen LogP contribution < -0.4 is 5.32 Å². The Labute approximate surface area is 430 Å². The number of quaternary nitrogens is 1. The molecule has 3 N–H and O–H groups in total. The molecule has 0 aliphatic rings. The molecule has 69 heavy (non-hydrogen) atoms. The van der Waals surface area contributed by atoms with Crippen LogP contribution in [0.1, 0.15) is 303 Å². The number of aliphatic hydroxyl groups is 1. The average Bonchev–Trinajstić information content (AvgIpc) is 3.31. The number of hydrogen-bond acceptors (Lipinski definition) is 5. The second kappa shape index (κ2) is 51.9. The van der Waals surface area contributed by atoms with E-state index in [9.17, 15) is 19.4 Å². The van der Waals surface area contributed by atoms with Crippen molar-refractivity contribution in [2.45, 2.75) is 315 Å². The molecule has 410 valence electrons. The maximum absolute atomic E-state index is 13.0. The standard InChI is InChI=1S/C60H119N2O6P/c1-6-8-10-12-14-16-18-20-22-24-25-26-27-28-29-30-31-32-33-34-35-36-37-38-40-42-44-46-48-50-52-54-60(64)61-58(57-68-69(65,66)67-56-55-62(3,4)5)59(63)53-51-49-47-45-43-41-39-23-21-19-17-15-13-11-9-7-2/h24-25,51,53,58-59,63H,6-23,26-50,52,54-57H2,1-5H3,(H-,61,64,65,66)/p+1/b25-24-,53-51+. The van der Waals surface area contributed by atoms with E-state index in [4.69, 9.17) is 9.05 Å². The molecule has 0 spiro atoms. The average molecular weight is 997 g/mol. The Bertz CT molecular complexity index is 1170. The molecule has 0 rings (SSSR count). The zero-order valence-electron chi connectivity index (χ0n) is 46.8. The van der Waals surface area contributed by atoms with Crippen molar-refractivity contribution >= 4 is 13.7 Å². The van der Waals surface area contributed by atoms with E-state index >= 15 is 0 Å². The molecule has 0 aliphatic carbocycles. The molecule has 0 bridgehead atoms. The molecule has 0 saturated carbocycles. The number of likely N-dealkylation sites (N-methyl/N-ethyl adjacent to an activating group) is 1. The molecule has 9 heteroatoms. The van der Waals surface area contributed by atoms with Gasteiger partial charge in [0.1, 0.15) is 13.2 Å². The van der Waals surface area contributed by atoms with E-state index in [0.29, 0.717) is 17.4 Å². The van der Waals surface area contributed by atoms with Crippen molar-refractivity contribution in [2.24, 2.45) is 0 Å². The summed E-state index contributed by atoms with van der Waals surface area (Å²) in [6.07, 6.45) is 65.8. The van der Waals surface area contributed by atoms with Gasteiger partial charge in [0.25, 0.3) is 0 Å². The summed E-state index contributed by atoms with van der Waals surface area (Å²) in [5.74, 6) is -0.171. The van der Waals surface area contributed by atoms with Gasteiger partial charge in [0.05, 0.1) is 39.9 Å². The summed E-state index contributed by atoms with van der Waals surface area (Å²) in [5, 5.41) is 13.9. The highest BCUT2D eigenvalue weighted by Gasteiger charge is 2.27. The second-order valence-electron chi connectivity index (χ2n) is 22.1. The summed E-state index contributed by atoms with van der Waals surface area (Å²) in [4.78, 5) is 23.3. The minimum Gasteiger partial charge on any atom is -0.387 e. The van der Waals surface area contributed by atoms with Gasteiger partial charge in [-0.15, -0.1) is 0 Å². The molecule has 0 heterocycles. The fraction of sp³-hybridized carbons (Fsp3) is 0.917. The lowest BCUT2D eigenvalue weighted by Crippen LogP contribution is -2.45. The number of unbranched alkanes of at least 4 members (excludes halogenated alkanes) is 41. The predicted molar refractivity (Wildman–Crippen MR) is 300 cm³/mol.